The van der Waals surface area contributed by atoms with E-state index in [2.05, 4.69) is 61.6 Å². The normalized spacial score (nSPS) is 10.1. The molecule has 2 amide bonds. The molecule has 2 heterocycles. The number of carbonyl (C=O) groups excluding carboxylic acids is 2. The van der Waals surface area contributed by atoms with E-state index in [1.807, 2.05) is 0 Å². The maximum absolute atomic E-state index is 12.9. The van der Waals surface area contributed by atoms with Crippen LogP contribution in [-0.2, 0) is 0 Å². The van der Waals surface area contributed by atoms with Gasteiger partial charge in [-0.3, -0.25) is 9.59 Å². The number of benzene rings is 2. The third-order valence-corrected chi connectivity index (χ3v) is 6.52. The van der Waals surface area contributed by atoms with Crippen molar-refractivity contribution in [2.24, 2.45) is 4.30 Å². The van der Waals surface area contributed by atoms with E-state index in [4.69, 9.17) is 14.2 Å². The fourth-order valence-electron chi connectivity index (χ4n) is 3.66. The zero-order valence-corrected chi connectivity index (χ0v) is 26.9. The first-order chi connectivity index (χ1) is 21.8. The van der Waals surface area contributed by atoms with Gasteiger partial charge in [0.1, 0.15) is 11.6 Å². The zero-order chi connectivity index (χ0) is 32.9. The molecule has 0 saturated heterocycles. The zero-order valence-electron chi connectivity index (χ0n) is 24.4. The van der Waals surface area contributed by atoms with Gasteiger partial charge in [-0.2, -0.15) is 0 Å². The number of carbonyl (C=O) groups is 2. The van der Waals surface area contributed by atoms with Gasteiger partial charge in [-0.05, 0) is 80.6 Å². The van der Waals surface area contributed by atoms with Gasteiger partial charge < -0.3 is 24.8 Å². The molecule has 0 saturated carbocycles. The summed E-state index contributed by atoms with van der Waals surface area (Å²) in [6.45, 7) is 1.31. The summed E-state index contributed by atoms with van der Waals surface area (Å²) < 4.78 is 38.6. The monoisotopic (exact) mass is 704 g/mol. The summed E-state index contributed by atoms with van der Waals surface area (Å²) in [4.78, 5) is 23.7. The molecule has 4 rings (SSSR count). The van der Waals surface area contributed by atoms with Crippen molar-refractivity contribution in [3.05, 3.63) is 83.7 Å². The van der Waals surface area contributed by atoms with Crippen molar-refractivity contribution < 1.29 is 32.5 Å². The predicted molar refractivity (Wildman–Crippen MR) is 174 cm³/mol. The number of hydrogen-bond acceptors (Lipinski definition) is 9. The number of amides is 2. The Balaban J connectivity index is 0.000000288. The molecule has 239 valence electrons. The van der Waals surface area contributed by atoms with Gasteiger partial charge in [0.2, 0.25) is 0 Å². The van der Waals surface area contributed by atoms with Crippen LogP contribution in [0.2, 0.25) is 0 Å². The fraction of sp³-hybridized carbons (Fsp3) is 0.333. The van der Waals surface area contributed by atoms with Gasteiger partial charge in [-0.15, -0.1) is 0 Å². The first kappa shape index (κ1) is 37.5. The number of aliphatic hydroxyl groups excluding tert-OH is 1. The van der Waals surface area contributed by atoms with Gasteiger partial charge in [0, 0.05) is 48.3 Å². The number of rotatable bonds is 14. The molecule has 1 radical (unpaired) electrons. The van der Waals surface area contributed by atoms with Crippen molar-refractivity contribution in [2.75, 3.05) is 25.0 Å². The van der Waals surface area contributed by atoms with Gasteiger partial charge in [0.25, 0.3) is 11.8 Å². The first-order valence-electron chi connectivity index (χ1n) is 14.1. The van der Waals surface area contributed by atoms with Crippen LogP contribution in [0.5, 0.6) is 0 Å². The average molecular weight is 705 g/mol. The van der Waals surface area contributed by atoms with Crippen LogP contribution in [0.3, 0.4) is 0 Å². The predicted octanol–water partition coefficient (Wildman–Crippen LogP) is 6.33. The van der Waals surface area contributed by atoms with Crippen molar-refractivity contribution in [2.45, 2.75) is 38.5 Å². The number of aliphatic hydroxyl groups is 1. The maximum atomic E-state index is 12.9. The minimum absolute atomic E-state index is 0.165. The van der Waals surface area contributed by atoms with Crippen LogP contribution < -0.4 is 10.6 Å². The van der Waals surface area contributed by atoms with Crippen LogP contribution >= 0.6 is 28.7 Å². The van der Waals surface area contributed by atoms with Gasteiger partial charge in [0.15, 0.2) is 22.9 Å². The van der Waals surface area contributed by atoms with Crippen LogP contribution in [-0.4, -0.2) is 59.9 Å². The topological polar surface area (TPSA) is 143 Å². The van der Waals surface area contributed by atoms with Crippen molar-refractivity contribution in [3.8, 4) is 22.6 Å². The first-order valence-corrected chi connectivity index (χ1v) is 15.6. The molecule has 4 aromatic rings. The number of hydrogen-bond donors (Lipinski definition) is 4. The van der Waals surface area contributed by atoms with Crippen molar-refractivity contribution >= 4 is 48.2 Å². The van der Waals surface area contributed by atoms with E-state index in [1.54, 1.807) is 30.3 Å². The minimum atomic E-state index is -0.334. The third kappa shape index (κ3) is 14.3. The van der Waals surface area contributed by atoms with E-state index < -0.39 is 0 Å². The van der Waals surface area contributed by atoms with Gasteiger partial charge in [-0.25, -0.2) is 8.78 Å². The van der Waals surface area contributed by atoms with E-state index in [1.165, 1.54) is 30.3 Å². The molecule has 0 fully saturated rings. The van der Waals surface area contributed by atoms with Crippen molar-refractivity contribution in [1.29, 1.82) is 0 Å². The standard InChI is InChI=1S/C15H16BrFN2O2.C15H17FN2O3.BHNS/c16-8-2-1-3-9-18-15(20)13-10-14(21-19-13)11-4-6-12(17)7-5-11;16-12-6-4-11(5-7-12)14-10-13(18-21-14)15(20)17-8-2-1-3-9-19;1-2-3/h4-7,10H,1-3,8-9H2,(H,18,20);4-7,10,19H,1-3,8-9H2,(H,17,20);3H. The Bertz CT molecular complexity index is 1340. The molecular weight excluding hydrogens is 671 g/mol. The summed E-state index contributed by atoms with van der Waals surface area (Å²) >= 11 is 6.55. The van der Waals surface area contributed by atoms with Crippen LogP contribution in [0.25, 0.3) is 22.6 Å². The molecule has 0 unspecified atom stereocenters. The molecule has 0 spiro atoms. The number of halogens is 3. The van der Waals surface area contributed by atoms with E-state index in [0.717, 1.165) is 43.9 Å². The summed E-state index contributed by atoms with van der Waals surface area (Å²) in [6.07, 6.45) is 5.47. The number of nitrogens with one attached hydrogen (secondary N) is 2. The second kappa shape index (κ2) is 21.9. The molecular formula is C30H34BBrF2N5O5S. The molecule has 0 aliphatic carbocycles. The number of thiol groups is 1. The molecule has 0 atom stereocenters. The van der Waals surface area contributed by atoms with Crippen molar-refractivity contribution in [1.82, 2.24) is 20.9 Å². The van der Waals surface area contributed by atoms with Gasteiger partial charge in [0.05, 0.1) is 0 Å². The SMILES string of the molecule is O=C(NCCCCCBr)c1cc(-c2ccc(F)cc2)on1.O=C(NCCCCCO)c1cc(-c2ccc(F)cc2)on1.[B]=NS. The molecule has 0 bridgehead atoms. The molecule has 45 heavy (non-hydrogen) atoms. The molecule has 0 aliphatic heterocycles. The molecule has 3 N–H and O–H groups in total. The quantitative estimate of drug-likeness (QED) is 0.0520. The van der Waals surface area contributed by atoms with Crippen LogP contribution in [0.1, 0.15) is 59.5 Å². The number of unbranched alkanes of at least 4 members (excludes halogenated alkanes) is 4. The van der Waals surface area contributed by atoms with E-state index >= 15 is 0 Å². The average Bonchev–Trinajstić information content (AvgIpc) is 3.74. The van der Waals surface area contributed by atoms with Crippen LogP contribution in [0.15, 0.2) is 74.0 Å². The Morgan fingerprint density at radius 3 is 1.56 bits per heavy atom. The molecule has 2 aromatic carbocycles. The summed E-state index contributed by atoms with van der Waals surface area (Å²) in [6, 6.07) is 14.7. The van der Waals surface area contributed by atoms with Crippen LogP contribution in [0.4, 0.5) is 8.78 Å². The number of aromatic nitrogens is 2. The van der Waals surface area contributed by atoms with Gasteiger partial charge in [-0.1, -0.05) is 32.7 Å². The Kier molecular flexibility index (Phi) is 18.3. The van der Waals surface area contributed by atoms with Crippen molar-refractivity contribution in [3.63, 3.8) is 0 Å². The molecule has 2 aromatic heterocycles. The molecule has 10 nitrogen and oxygen atoms in total. The second-order valence-electron chi connectivity index (χ2n) is 9.33. The summed E-state index contributed by atoms with van der Waals surface area (Å²) in [5.74, 6) is -0.360. The number of alkyl halides is 1. The van der Waals surface area contributed by atoms with E-state index in [-0.39, 0.29) is 41.4 Å². The van der Waals surface area contributed by atoms with E-state index in [9.17, 15) is 18.4 Å². The Morgan fingerprint density at radius 1 is 0.778 bits per heavy atom. The fourth-order valence-corrected chi connectivity index (χ4v) is 4.06. The Hall–Kier alpha value is -3.69. The second-order valence-corrected chi connectivity index (χ2v) is 10.4. The van der Waals surface area contributed by atoms with E-state index in [0.29, 0.717) is 35.7 Å². The summed E-state index contributed by atoms with van der Waals surface area (Å²) in [7, 11) is 4.34. The third-order valence-electron chi connectivity index (χ3n) is 5.96. The van der Waals surface area contributed by atoms with Gasteiger partial charge >= 0.3 is 24.8 Å². The summed E-state index contributed by atoms with van der Waals surface area (Å²) in [5, 5.41) is 22.6. The summed E-state index contributed by atoms with van der Waals surface area (Å²) in [5.41, 5.74) is 1.76. The van der Waals surface area contributed by atoms with Crippen LogP contribution in [0, 0.1) is 11.6 Å². The molecule has 15 heteroatoms. The molecule has 0 aliphatic rings. The Morgan fingerprint density at radius 2 is 1.18 bits per heavy atom. The number of nitrogens with zero attached hydrogens (tertiary/aromatic N) is 3. The Labute approximate surface area is 275 Å².